The molecule has 0 aliphatic carbocycles. The van der Waals surface area contributed by atoms with Crippen molar-refractivity contribution < 1.29 is 24.2 Å². The Morgan fingerprint density at radius 3 is 2.71 bits per heavy atom. The summed E-state index contributed by atoms with van der Waals surface area (Å²) in [5.74, 6) is -0.586. The Morgan fingerprint density at radius 1 is 1.15 bits per heavy atom. The number of benzene rings is 2. The Labute approximate surface area is 199 Å². The summed E-state index contributed by atoms with van der Waals surface area (Å²) >= 11 is 0. The molecule has 2 aliphatic heterocycles. The molecule has 180 valence electrons. The maximum Gasteiger partial charge on any atom is 0.341 e. The van der Waals surface area contributed by atoms with E-state index in [1.54, 1.807) is 11.0 Å². The van der Waals surface area contributed by atoms with Gasteiger partial charge < -0.3 is 25.0 Å². The molecule has 8 nitrogen and oxygen atoms in total. The van der Waals surface area contributed by atoms with Crippen LogP contribution in [0.4, 0.5) is 5.69 Å². The highest BCUT2D eigenvalue weighted by molar-refractivity contribution is 5.94. The highest BCUT2D eigenvalue weighted by atomic mass is 16.5. The van der Waals surface area contributed by atoms with Crippen LogP contribution < -0.4 is 10.1 Å². The van der Waals surface area contributed by atoms with Crippen LogP contribution in [-0.2, 0) is 27.2 Å². The van der Waals surface area contributed by atoms with Gasteiger partial charge in [0.2, 0.25) is 11.8 Å². The molecule has 1 unspecified atom stereocenters. The highest BCUT2D eigenvalue weighted by Gasteiger charge is 2.26. The Balaban J connectivity index is 1.52. The number of nitrogens with one attached hydrogen (secondary N) is 1. The van der Waals surface area contributed by atoms with Crippen molar-refractivity contribution in [3.8, 4) is 5.75 Å². The van der Waals surface area contributed by atoms with Gasteiger partial charge in [0.05, 0.1) is 12.5 Å². The zero-order valence-corrected chi connectivity index (χ0v) is 19.5. The molecule has 2 N–H and O–H groups in total. The Bertz CT molecular complexity index is 1060. The van der Waals surface area contributed by atoms with Crippen LogP contribution in [0.5, 0.6) is 5.75 Å². The summed E-state index contributed by atoms with van der Waals surface area (Å²) in [6, 6.07) is 13.0. The Morgan fingerprint density at radius 2 is 1.94 bits per heavy atom. The number of carboxylic acids is 1. The number of likely N-dealkylation sites (tertiary alicyclic amines) is 1. The first-order chi connectivity index (χ1) is 16.4. The second-order valence-electron chi connectivity index (χ2n) is 9.00. The van der Waals surface area contributed by atoms with Gasteiger partial charge in [-0.2, -0.15) is 0 Å². The first kappa shape index (κ1) is 23.8. The standard InChI is InChI=1S/C26H31N3O5/c1-28(25(31)14-18-7-8-19-9-10-24(30)27-22(19)13-18)23(16-29-11-2-3-12-29)20-5-4-6-21(15-20)34-17-26(32)33/h4-8,13,15,23H,2-3,9-12,14,16-17H2,1H3,(H,27,30)(H,32,33). The second kappa shape index (κ2) is 10.7. The number of hydrogen-bond acceptors (Lipinski definition) is 5. The van der Waals surface area contributed by atoms with Crippen molar-refractivity contribution in [1.82, 2.24) is 9.80 Å². The van der Waals surface area contributed by atoms with Crippen molar-refractivity contribution in [3.63, 3.8) is 0 Å². The van der Waals surface area contributed by atoms with Crippen LogP contribution in [0.1, 0.15) is 42.0 Å². The number of nitrogens with zero attached hydrogens (tertiary/aromatic N) is 2. The summed E-state index contributed by atoms with van der Waals surface area (Å²) in [6.07, 6.45) is 3.72. The number of aryl methyl sites for hydroxylation is 1. The van der Waals surface area contributed by atoms with Crippen LogP contribution in [0.2, 0.25) is 0 Å². The van der Waals surface area contributed by atoms with E-state index in [9.17, 15) is 14.4 Å². The SMILES string of the molecule is CN(C(=O)Cc1ccc2c(c1)NC(=O)CC2)C(CN1CCCC1)c1cccc(OCC(=O)O)c1. The molecule has 8 heteroatoms. The van der Waals surface area contributed by atoms with Gasteiger partial charge in [0.1, 0.15) is 5.75 Å². The summed E-state index contributed by atoms with van der Waals surface area (Å²) < 4.78 is 5.37. The van der Waals surface area contributed by atoms with E-state index < -0.39 is 12.6 Å². The Hall–Kier alpha value is -3.39. The lowest BCUT2D eigenvalue weighted by Crippen LogP contribution is -2.39. The first-order valence-corrected chi connectivity index (χ1v) is 11.7. The number of carbonyl (C=O) groups is 3. The number of carboxylic acid groups (broad SMARTS) is 1. The number of anilines is 1. The van der Waals surface area contributed by atoms with Gasteiger partial charge in [-0.15, -0.1) is 0 Å². The number of hydrogen-bond donors (Lipinski definition) is 2. The van der Waals surface area contributed by atoms with Crippen molar-refractivity contribution >= 4 is 23.5 Å². The largest absolute Gasteiger partial charge is 0.482 e. The maximum absolute atomic E-state index is 13.3. The second-order valence-corrected chi connectivity index (χ2v) is 9.00. The Kier molecular flexibility index (Phi) is 7.47. The zero-order valence-electron chi connectivity index (χ0n) is 19.5. The van der Waals surface area contributed by atoms with Crippen LogP contribution in [-0.4, -0.2) is 66.0 Å². The van der Waals surface area contributed by atoms with E-state index in [-0.39, 0.29) is 24.3 Å². The molecule has 2 amide bonds. The number of ether oxygens (including phenoxy) is 1. The molecule has 0 bridgehead atoms. The third-order valence-electron chi connectivity index (χ3n) is 6.52. The monoisotopic (exact) mass is 465 g/mol. The smallest absolute Gasteiger partial charge is 0.341 e. The van der Waals surface area contributed by atoms with Gasteiger partial charge >= 0.3 is 5.97 Å². The molecular weight excluding hydrogens is 434 g/mol. The first-order valence-electron chi connectivity index (χ1n) is 11.7. The molecule has 2 aromatic rings. The van der Waals surface area contributed by atoms with E-state index in [0.29, 0.717) is 25.1 Å². The van der Waals surface area contributed by atoms with Gasteiger partial charge in [0, 0.05) is 25.7 Å². The maximum atomic E-state index is 13.3. The highest BCUT2D eigenvalue weighted by Crippen LogP contribution is 2.28. The lowest BCUT2D eigenvalue weighted by atomic mass is 9.99. The number of fused-ring (bicyclic) bond motifs is 1. The van der Waals surface area contributed by atoms with Crippen LogP contribution in [0.3, 0.4) is 0 Å². The van der Waals surface area contributed by atoms with Crippen LogP contribution >= 0.6 is 0 Å². The van der Waals surface area contributed by atoms with Crippen molar-refractivity contribution in [2.75, 3.05) is 38.6 Å². The van der Waals surface area contributed by atoms with Crippen molar-refractivity contribution in [2.45, 2.75) is 38.1 Å². The van der Waals surface area contributed by atoms with Gasteiger partial charge in [-0.3, -0.25) is 9.59 Å². The molecular formula is C26H31N3O5. The molecule has 0 saturated carbocycles. The van der Waals surface area contributed by atoms with Gasteiger partial charge in [0.25, 0.3) is 0 Å². The molecule has 2 aromatic carbocycles. The molecule has 0 spiro atoms. The summed E-state index contributed by atoms with van der Waals surface area (Å²) in [7, 11) is 1.81. The van der Waals surface area contributed by atoms with E-state index in [0.717, 1.165) is 48.3 Å². The van der Waals surface area contributed by atoms with Gasteiger partial charge in [0.15, 0.2) is 6.61 Å². The van der Waals surface area contributed by atoms with E-state index >= 15 is 0 Å². The summed E-state index contributed by atoms with van der Waals surface area (Å²) in [5.41, 5.74) is 3.65. The summed E-state index contributed by atoms with van der Waals surface area (Å²) in [4.78, 5) is 40.1. The quantitative estimate of drug-likeness (QED) is 0.591. The third-order valence-corrected chi connectivity index (χ3v) is 6.52. The van der Waals surface area contributed by atoms with Gasteiger partial charge in [-0.1, -0.05) is 24.3 Å². The number of carbonyl (C=O) groups excluding carboxylic acids is 2. The molecule has 1 fully saturated rings. The fraction of sp³-hybridized carbons (Fsp3) is 0.423. The average molecular weight is 466 g/mol. The molecule has 34 heavy (non-hydrogen) atoms. The van der Waals surface area contributed by atoms with E-state index in [2.05, 4.69) is 10.2 Å². The van der Waals surface area contributed by atoms with E-state index in [4.69, 9.17) is 9.84 Å². The number of rotatable bonds is 9. The molecule has 4 rings (SSSR count). The molecule has 2 heterocycles. The summed E-state index contributed by atoms with van der Waals surface area (Å²) in [6.45, 7) is 2.28. The van der Waals surface area contributed by atoms with E-state index in [1.807, 2.05) is 43.4 Å². The van der Waals surface area contributed by atoms with Crippen molar-refractivity contribution in [1.29, 1.82) is 0 Å². The molecule has 1 atom stereocenters. The number of likely N-dealkylation sites (N-methyl/N-ethyl adjacent to an activating group) is 1. The third kappa shape index (κ3) is 5.94. The van der Waals surface area contributed by atoms with Crippen molar-refractivity contribution in [3.05, 3.63) is 59.2 Å². The summed E-state index contributed by atoms with van der Waals surface area (Å²) in [5, 5.41) is 11.8. The minimum absolute atomic E-state index is 0.00349. The average Bonchev–Trinajstić information content (AvgIpc) is 3.34. The zero-order chi connectivity index (χ0) is 24.1. The lowest BCUT2D eigenvalue weighted by Gasteiger charge is -2.32. The predicted octanol–water partition coefficient (Wildman–Crippen LogP) is 2.87. The minimum atomic E-state index is -1.03. The van der Waals surface area contributed by atoms with Crippen LogP contribution in [0.25, 0.3) is 0 Å². The van der Waals surface area contributed by atoms with E-state index in [1.165, 1.54) is 0 Å². The van der Waals surface area contributed by atoms with Crippen LogP contribution in [0, 0.1) is 0 Å². The number of aliphatic carboxylic acids is 1. The molecule has 2 aliphatic rings. The molecule has 0 aromatic heterocycles. The lowest BCUT2D eigenvalue weighted by molar-refractivity contribution is -0.139. The predicted molar refractivity (Wildman–Crippen MR) is 128 cm³/mol. The van der Waals surface area contributed by atoms with Gasteiger partial charge in [-0.25, -0.2) is 4.79 Å². The van der Waals surface area contributed by atoms with Crippen LogP contribution in [0.15, 0.2) is 42.5 Å². The molecule has 0 radical (unpaired) electrons. The van der Waals surface area contributed by atoms with Crippen molar-refractivity contribution in [2.24, 2.45) is 0 Å². The molecule has 1 saturated heterocycles. The fourth-order valence-electron chi connectivity index (χ4n) is 4.62. The fourth-order valence-corrected chi connectivity index (χ4v) is 4.62. The normalized spacial score (nSPS) is 16.4. The number of amides is 2. The van der Waals surface area contributed by atoms with Gasteiger partial charge in [-0.05, 0) is 67.2 Å². The topological polar surface area (TPSA) is 99.2 Å². The minimum Gasteiger partial charge on any atom is -0.482 e.